The summed E-state index contributed by atoms with van der Waals surface area (Å²) in [6.45, 7) is 6.07. The highest BCUT2D eigenvalue weighted by atomic mass is 32.2. The summed E-state index contributed by atoms with van der Waals surface area (Å²) in [6.07, 6.45) is 8.23. The first-order valence-corrected chi connectivity index (χ1v) is 11.2. The summed E-state index contributed by atoms with van der Waals surface area (Å²) in [5, 5.41) is 11.1. The number of pyridine rings is 2. The Morgan fingerprint density at radius 2 is 2.07 bits per heavy atom. The molecule has 0 aromatic carbocycles. The van der Waals surface area contributed by atoms with Gasteiger partial charge in [-0.15, -0.1) is 0 Å². The Morgan fingerprint density at radius 1 is 1.30 bits per heavy atom. The molecule has 3 heterocycles. The van der Waals surface area contributed by atoms with E-state index in [1.54, 1.807) is 6.20 Å². The van der Waals surface area contributed by atoms with Gasteiger partial charge in [0.25, 0.3) is 0 Å². The Bertz CT molecular complexity index is 1180. The highest BCUT2D eigenvalue weighted by Gasteiger charge is 2.13. The van der Waals surface area contributed by atoms with E-state index < -0.39 is 16.0 Å². The van der Waals surface area contributed by atoms with Gasteiger partial charge in [0.15, 0.2) is 0 Å². The van der Waals surface area contributed by atoms with E-state index in [4.69, 9.17) is 0 Å². The molecule has 0 saturated heterocycles. The molecule has 30 heavy (non-hydrogen) atoms. The number of carbonyl (C=O) groups is 1. The number of hydrogen-bond acceptors (Lipinski definition) is 5. The van der Waals surface area contributed by atoms with Crippen LogP contribution in [0.25, 0.3) is 22.3 Å². The number of hydrogen-bond donors (Lipinski definition) is 2. The maximum atomic E-state index is 11.6. The number of nitrogens with one attached hydrogen (secondary N) is 1. The Balaban J connectivity index is 1.99. The number of fused-ring (bicyclic) bond motifs is 1. The smallest absolute Gasteiger partial charge is 0.335 e. The van der Waals surface area contributed by atoms with Gasteiger partial charge in [0.05, 0.1) is 22.5 Å². The fraction of sp³-hybridized carbons (Fsp3) is 0.286. The van der Waals surface area contributed by atoms with E-state index in [1.165, 1.54) is 18.3 Å². The van der Waals surface area contributed by atoms with Crippen molar-refractivity contribution in [2.45, 2.75) is 32.7 Å². The van der Waals surface area contributed by atoms with Crippen LogP contribution in [0.15, 0.2) is 48.8 Å². The van der Waals surface area contributed by atoms with Crippen LogP contribution in [0.1, 0.15) is 35.7 Å². The SMILES string of the molecule is C=CS(=O)(=O)NCCn1cc(CCCC)c2cnc(-c3cc(C(=O)O)ccn3)cc21. The van der Waals surface area contributed by atoms with E-state index in [0.717, 1.165) is 41.1 Å². The van der Waals surface area contributed by atoms with Crippen LogP contribution in [0.4, 0.5) is 0 Å². The number of sulfonamides is 1. The lowest BCUT2D eigenvalue weighted by Gasteiger charge is -2.07. The van der Waals surface area contributed by atoms with Crippen molar-refractivity contribution in [3.8, 4) is 11.4 Å². The van der Waals surface area contributed by atoms with E-state index >= 15 is 0 Å². The molecule has 0 amide bonds. The summed E-state index contributed by atoms with van der Waals surface area (Å²) in [4.78, 5) is 20.0. The Hall–Kier alpha value is -3.04. The second kappa shape index (κ2) is 9.19. The lowest BCUT2D eigenvalue weighted by atomic mass is 10.1. The number of aromatic nitrogens is 3. The number of rotatable bonds is 10. The standard InChI is InChI=1S/C21H24N4O4S/c1-3-5-6-16-14-25(10-9-24-30(28,29)4-2)20-12-19(23-13-17(16)20)18-11-15(21(26)27)7-8-22-18/h4,7-8,11-14,24H,2-3,5-6,9-10H2,1H3,(H,26,27). The van der Waals surface area contributed by atoms with Crippen LogP contribution in [0.5, 0.6) is 0 Å². The molecule has 0 aliphatic rings. The largest absolute Gasteiger partial charge is 0.478 e. The van der Waals surface area contributed by atoms with Gasteiger partial charge < -0.3 is 9.67 Å². The van der Waals surface area contributed by atoms with Gasteiger partial charge in [0, 0.05) is 42.5 Å². The summed E-state index contributed by atoms with van der Waals surface area (Å²) in [6, 6.07) is 4.78. The molecule has 3 aromatic rings. The Morgan fingerprint density at radius 3 is 2.77 bits per heavy atom. The second-order valence-corrected chi connectivity index (χ2v) is 8.59. The minimum atomic E-state index is -3.49. The molecule has 8 nitrogen and oxygen atoms in total. The number of aryl methyl sites for hydroxylation is 1. The van der Waals surface area contributed by atoms with Gasteiger partial charge in [0.2, 0.25) is 10.0 Å². The van der Waals surface area contributed by atoms with E-state index in [9.17, 15) is 18.3 Å². The lowest BCUT2D eigenvalue weighted by Crippen LogP contribution is -2.25. The van der Waals surface area contributed by atoms with Crippen molar-refractivity contribution < 1.29 is 18.3 Å². The Kier molecular flexibility index (Phi) is 6.63. The van der Waals surface area contributed by atoms with Gasteiger partial charge in [-0.2, -0.15) is 0 Å². The van der Waals surface area contributed by atoms with E-state index in [1.807, 2.05) is 16.8 Å². The van der Waals surface area contributed by atoms with Crippen LogP contribution >= 0.6 is 0 Å². The number of aromatic carboxylic acids is 1. The van der Waals surface area contributed by atoms with Gasteiger partial charge in [0.1, 0.15) is 0 Å². The van der Waals surface area contributed by atoms with E-state index in [0.29, 0.717) is 17.9 Å². The molecule has 3 aromatic heterocycles. The first kappa shape index (κ1) is 21.7. The predicted molar refractivity (Wildman–Crippen MR) is 116 cm³/mol. The van der Waals surface area contributed by atoms with Crippen molar-refractivity contribution in [2.75, 3.05) is 6.54 Å². The van der Waals surface area contributed by atoms with Gasteiger partial charge >= 0.3 is 5.97 Å². The van der Waals surface area contributed by atoms with Gasteiger partial charge in [-0.05, 0) is 36.6 Å². The summed E-state index contributed by atoms with van der Waals surface area (Å²) < 4.78 is 27.7. The highest BCUT2D eigenvalue weighted by molar-refractivity contribution is 7.92. The first-order chi connectivity index (χ1) is 14.3. The van der Waals surface area contributed by atoms with Gasteiger partial charge in [-0.1, -0.05) is 19.9 Å². The maximum absolute atomic E-state index is 11.6. The zero-order chi connectivity index (χ0) is 21.7. The number of carboxylic acid groups (broad SMARTS) is 1. The molecule has 3 rings (SSSR count). The fourth-order valence-electron chi connectivity index (χ4n) is 3.22. The molecule has 2 N–H and O–H groups in total. The monoisotopic (exact) mass is 428 g/mol. The zero-order valence-electron chi connectivity index (χ0n) is 16.7. The fourth-order valence-corrected chi connectivity index (χ4v) is 3.71. The third-order valence-corrected chi connectivity index (χ3v) is 5.84. The van der Waals surface area contributed by atoms with Crippen molar-refractivity contribution in [1.29, 1.82) is 0 Å². The predicted octanol–water partition coefficient (Wildman–Crippen LogP) is 3.20. The molecular weight excluding hydrogens is 404 g/mol. The number of carboxylic acids is 1. The number of nitrogens with zero attached hydrogens (tertiary/aromatic N) is 3. The van der Waals surface area contributed by atoms with Crippen LogP contribution in [-0.4, -0.2) is 40.6 Å². The zero-order valence-corrected chi connectivity index (χ0v) is 17.5. The Labute approximate surface area is 175 Å². The molecule has 0 fully saturated rings. The molecule has 0 saturated carbocycles. The summed E-state index contributed by atoms with van der Waals surface area (Å²) in [5.41, 5.74) is 3.20. The van der Waals surface area contributed by atoms with Crippen molar-refractivity contribution in [2.24, 2.45) is 0 Å². The van der Waals surface area contributed by atoms with Crippen LogP contribution in [0, 0.1) is 0 Å². The summed E-state index contributed by atoms with van der Waals surface area (Å²) in [5.74, 6) is -1.03. The first-order valence-electron chi connectivity index (χ1n) is 9.64. The third kappa shape index (κ3) is 4.92. The molecule has 0 aliphatic carbocycles. The molecule has 0 radical (unpaired) electrons. The van der Waals surface area contributed by atoms with E-state index in [-0.39, 0.29) is 12.1 Å². The molecule has 0 bridgehead atoms. The van der Waals surface area contributed by atoms with Crippen LogP contribution < -0.4 is 4.72 Å². The second-order valence-electron chi connectivity index (χ2n) is 6.88. The van der Waals surface area contributed by atoms with Crippen LogP contribution in [-0.2, 0) is 23.0 Å². The molecule has 0 aliphatic heterocycles. The topological polar surface area (TPSA) is 114 Å². The van der Waals surface area contributed by atoms with Crippen molar-refractivity contribution in [3.05, 3.63) is 59.9 Å². The molecule has 9 heteroatoms. The normalized spacial score (nSPS) is 11.6. The van der Waals surface area contributed by atoms with Crippen molar-refractivity contribution in [3.63, 3.8) is 0 Å². The van der Waals surface area contributed by atoms with E-state index in [2.05, 4.69) is 28.2 Å². The van der Waals surface area contributed by atoms with Gasteiger partial charge in [-0.3, -0.25) is 9.97 Å². The van der Waals surface area contributed by atoms with Crippen LogP contribution in [0.2, 0.25) is 0 Å². The molecule has 0 unspecified atom stereocenters. The average Bonchev–Trinajstić information content (AvgIpc) is 3.09. The van der Waals surface area contributed by atoms with Crippen molar-refractivity contribution >= 4 is 26.9 Å². The van der Waals surface area contributed by atoms with Crippen molar-refractivity contribution in [1.82, 2.24) is 19.3 Å². The summed E-state index contributed by atoms with van der Waals surface area (Å²) in [7, 11) is -3.49. The average molecular weight is 429 g/mol. The lowest BCUT2D eigenvalue weighted by molar-refractivity contribution is 0.0696. The quantitative estimate of drug-likeness (QED) is 0.513. The molecule has 0 atom stereocenters. The molecule has 0 spiro atoms. The third-order valence-electron chi connectivity index (χ3n) is 4.79. The van der Waals surface area contributed by atoms with Gasteiger partial charge in [-0.25, -0.2) is 17.9 Å². The minimum absolute atomic E-state index is 0.139. The minimum Gasteiger partial charge on any atom is -0.478 e. The highest BCUT2D eigenvalue weighted by Crippen LogP contribution is 2.26. The molecule has 158 valence electrons. The maximum Gasteiger partial charge on any atom is 0.335 e. The summed E-state index contributed by atoms with van der Waals surface area (Å²) >= 11 is 0. The molecular formula is C21H24N4O4S. The van der Waals surface area contributed by atoms with Crippen LogP contribution in [0.3, 0.4) is 0 Å². The number of unbranched alkanes of at least 4 members (excludes halogenated alkanes) is 1.